The lowest BCUT2D eigenvalue weighted by atomic mass is 10.0. The van der Waals surface area contributed by atoms with Gasteiger partial charge < -0.3 is 10.2 Å². The third kappa shape index (κ3) is 4.06. The molecule has 1 aliphatic heterocycles. The Balaban J connectivity index is 1.80. The molecule has 0 aliphatic carbocycles. The van der Waals surface area contributed by atoms with Gasteiger partial charge in [0.1, 0.15) is 0 Å². The van der Waals surface area contributed by atoms with Crippen molar-refractivity contribution in [2.24, 2.45) is 13.0 Å². The average molecular weight is 292 g/mol. The first kappa shape index (κ1) is 16.0. The molecule has 2 rings (SSSR count). The zero-order chi connectivity index (χ0) is 15.4. The van der Waals surface area contributed by atoms with Gasteiger partial charge in [-0.1, -0.05) is 20.8 Å². The number of carbonyl (C=O) groups excluding carboxylic acids is 1. The number of aryl methyl sites for hydroxylation is 2. The first-order valence-corrected chi connectivity index (χ1v) is 8.04. The van der Waals surface area contributed by atoms with E-state index in [9.17, 15) is 4.79 Å². The topological polar surface area (TPSA) is 50.2 Å². The molecule has 2 heterocycles. The molecular weight excluding hydrogens is 264 g/mol. The largest absolute Gasteiger partial charge is 0.342 e. The fraction of sp³-hybridized carbons (Fsp3) is 0.750. The van der Waals surface area contributed by atoms with Crippen molar-refractivity contribution >= 4 is 5.91 Å². The third-order valence-corrected chi connectivity index (χ3v) is 4.21. The van der Waals surface area contributed by atoms with Gasteiger partial charge in [-0.15, -0.1) is 0 Å². The Hall–Kier alpha value is -1.36. The molecule has 0 unspecified atom stereocenters. The smallest absolute Gasteiger partial charge is 0.225 e. The van der Waals surface area contributed by atoms with Crippen molar-refractivity contribution in [3.8, 4) is 0 Å². The van der Waals surface area contributed by atoms with Gasteiger partial charge in [0.05, 0.1) is 5.69 Å². The van der Waals surface area contributed by atoms with Crippen LogP contribution in [0.15, 0.2) is 6.20 Å². The van der Waals surface area contributed by atoms with E-state index in [2.05, 4.69) is 23.5 Å². The molecule has 1 N–H and O–H groups in total. The van der Waals surface area contributed by atoms with E-state index >= 15 is 0 Å². The Morgan fingerprint density at radius 1 is 1.43 bits per heavy atom. The maximum atomic E-state index is 12.0. The van der Waals surface area contributed by atoms with E-state index in [1.165, 1.54) is 11.3 Å². The molecular formula is C16H28N4O. The normalized spacial score (nSPS) is 16.7. The van der Waals surface area contributed by atoms with E-state index in [0.717, 1.165) is 38.9 Å². The van der Waals surface area contributed by atoms with Crippen molar-refractivity contribution in [1.29, 1.82) is 0 Å². The second-order valence-corrected chi connectivity index (χ2v) is 6.26. The molecule has 1 aliphatic rings. The first-order valence-electron chi connectivity index (χ1n) is 8.04. The maximum absolute atomic E-state index is 12.0. The lowest BCUT2D eigenvalue weighted by molar-refractivity contribution is -0.135. The Bertz CT molecular complexity index is 473. The lowest BCUT2D eigenvalue weighted by Crippen LogP contribution is -2.46. The highest BCUT2D eigenvalue weighted by Gasteiger charge is 2.24. The number of likely N-dealkylation sites (tertiary alicyclic amines) is 1. The predicted octanol–water partition coefficient (Wildman–Crippen LogP) is 1.72. The number of carbonyl (C=O) groups is 1. The van der Waals surface area contributed by atoms with Crippen LogP contribution in [0.1, 0.15) is 44.9 Å². The van der Waals surface area contributed by atoms with Gasteiger partial charge in [-0.3, -0.25) is 9.48 Å². The minimum absolute atomic E-state index is 0.108. The number of nitrogens with zero attached hydrogens (tertiary/aromatic N) is 3. The first-order chi connectivity index (χ1) is 10.0. The van der Waals surface area contributed by atoms with Gasteiger partial charge in [0.15, 0.2) is 0 Å². The quantitative estimate of drug-likeness (QED) is 0.899. The summed E-state index contributed by atoms with van der Waals surface area (Å²) in [6, 6.07) is 0.506. The van der Waals surface area contributed by atoms with E-state index in [-0.39, 0.29) is 11.8 Å². The molecule has 5 nitrogen and oxygen atoms in total. The summed E-state index contributed by atoms with van der Waals surface area (Å²) in [6.07, 6.45) is 5.16. The van der Waals surface area contributed by atoms with Gasteiger partial charge >= 0.3 is 0 Å². The Morgan fingerprint density at radius 3 is 2.67 bits per heavy atom. The summed E-state index contributed by atoms with van der Waals surface area (Å²) in [4.78, 5) is 14.0. The maximum Gasteiger partial charge on any atom is 0.225 e. The van der Waals surface area contributed by atoms with Crippen molar-refractivity contribution in [3.63, 3.8) is 0 Å². The van der Waals surface area contributed by atoms with Crippen molar-refractivity contribution in [2.75, 3.05) is 13.1 Å². The van der Waals surface area contributed by atoms with Crippen LogP contribution in [0, 0.1) is 5.92 Å². The molecule has 1 amide bonds. The molecule has 0 bridgehead atoms. The van der Waals surface area contributed by atoms with E-state index in [1.807, 2.05) is 30.5 Å². The highest BCUT2D eigenvalue weighted by Crippen LogP contribution is 2.14. The standard InChI is InChI=1S/C16H28N4O/c1-5-15-13(11-19(4)18-15)10-17-14-6-8-20(9-7-14)16(21)12(2)3/h11-12,14,17H,5-10H2,1-4H3. The predicted molar refractivity (Wildman–Crippen MR) is 83.9 cm³/mol. The van der Waals surface area contributed by atoms with Crippen LogP contribution < -0.4 is 5.32 Å². The third-order valence-electron chi connectivity index (χ3n) is 4.21. The molecule has 118 valence electrons. The SMILES string of the molecule is CCc1nn(C)cc1CNC1CCN(C(=O)C(C)C)CC1. The zero-order valence-electron chi connectivity index (χ0n) is 13.7. The summed E-state index contributed by atoms with van der Waals surface area (Å²) < 4.78 is 1.89. The Labute approximate surface area is 127 Å². The molecule has 1 aromatic heterocycles. The fourth-order valence-corrected chi connectivity index (χ4v) is 2.95. The summed E-state index contributed by atoms with van der Waals surface area (Å²) in [5.74, 6) is 0.394. The Kier molecular flexibility index (Phi) is 5.39. The monoisotopic (exact) mass is 292 g/mol. The van der Waals surface area contributed by atoms with Crippen molar-refractivity contribution in [1.82, 2.24) is 20.0 Å². The van der Waals surface area contributed by atoms with Crippen molar-refractivity contribution in [3.05, 3.63) is 17.5 Å². The van der Waals surface area contributed by atoms with E-state index in [0.29, 0.717) is 6.04 Å². The molecule has 1 saturated heterocycles. The van der Waals surface area contributed by atoms with E-state index in [1.54, 1.807) is 0 Å². The number of aromatic nitrogens is 2. The molecule has 0 aromatic carbocycles. The summed E-state index contributed by atoms with van der Waals surface area (Å²) in [5, 5.41) is 8.09. The Morgan fingerprint density at radius 2 is 2.10 bits per heavy atom. The summed E-state index contributed by atoms with van der Waals surface area (Å²) in [7, 11) is 1.97. The summed E-state index contributed by atoms with van der Waals surface area (Å²) >= 11 is 0. The van der Waals surface area contributed by atoms with Crippen LogP contribution in [0.2, 0.25) is 0 Å². The molecule has 21 heavy (non-hydrogen) atoms. The second-order valence-electron chi connectivity index (χ2n) is 6.26. The second kappa shape index (κ2) is 7.07. The van der Waals surface area contributed by atoms with Gasteiger partial charge in [0.25, 0.3) is 0 Å². The summed E-state index contributed by atoms with van der Waals surface area (Å²) in [6.45, 7) is 8.72. The lowest BCUT2D eigenvalue weighted by Gasteiger charge is -2.33. The van der Waals surface area contributed by atoms with Gasteiger partial charge in [-0.05, 0) is 19.3 Å². The number of hydrogen-bond acceptors (Lipinski definition) is 3. The van der Waals surface area contributed by atoms with Crippen molar-refractivity contribution < 1.29 is 4.79 Å². The molecule has 0 radical (unpaired) electrons. The number of nitrogens with one attached hydrogen (secondary N) is 1. The molecule has 0 saturated carbocycles. The van der Waals surface area contributed by atoms with Gasteiger partial charge in [0.2, 0.25) is 5.91 Å². The number of hydrogen-bond donors (Lipinski definition) is 1. The summed E-state index contributed by atoms with van der Waals surface area (Å²) in [5.41, 5.74) is 2.47. The molecule has 0 spiro atoms. The van der Waals surface area contributed by atoms with Gasteiger partial charge in [0, 0.05) is 50.4 Å². The molecule has 0 atom stereocenters. The zero-order valence-corrected chi connectivity index (χ0v) is 13.7. The minimum Gasteiger partial charge on any atom is -0.342 e. The van der Waals surface area contributed by atoms with Crippen LogP contribution >= 0.6 is 0 Å². The van der Waals surface area contributed by atoms with Crippen LogP contribution in [0.4, 0.5) is 0 Å². The van der Waals surface area contributed by atoms with Crippen LogP contribution in [0.5, 0.6) is 0 Å². The van der Waals surface area contributed by atoms with E-state index in [4.69, 9.17) is 0 Å². The average Bonchev–Trinajstić information content (AvgIpc) is 2.85. The number of piperidine rings is 1. The molecule has 1 fully saturated rings. The minimum atomic E-state index is 0.108. The molecule has 5 heteroatoms. The highest BCUT2D eigenvalue weighted by molar-refractivity contribution is 5.78. The number of amides is 1. The highest BCUT2D eigenvalue weighted by atomic mass is 16.2. The fourth-order valence-electron chi connectivity index (χ4n) is 2.95. The van der Waals surface area contributed by atoms with Crippen LogP contribution in [0.3, 0.4) is 0 Å². The van der Waals surface area contributed by atoms with Gasteiger partial charge in [-0.2, -0.15) is 5.10 Å². The molecule has 1 aromatic rings. The van der Waals surface area contributed by atoms with Gasteiger partial charge in [-0.25, -0.2) is 0 Å². The van der Waals surface area contributed by atoms with Crippen LogP contribution in [-0.2, 0) is 24.8 Å². The number of rotatable bonds is 5. The van der Waals surface area contributed by atoms with E-state index < -0.39 is 0 Å². The van der Waals surface area contributed by atoms with Crippen molar-refractivity contribution in [2.45, 2.75) is 52.6 Å². The van der Waals surface area contributed by atoms with Crippen LogP contribution in [0.25, 0.3) is 0 Å². The van der Waals surface area contributed by atoms with Crippen LogP contribution in [-0.4, -0.2) is 39.7 Å².